The molecule has 1 amide bonds. The first-order valence-electron chi connectivity index (χ1n) is 9.50. The number of nitrogens with one attached hydrogen (secondary N) is 1. The van der Waals surface area contributed by atoms with Gasteiger partial charge in [-0.05, 0) is 36.8 Å². The van der Waals surface area contributed by atoms with Crippen LogP contribution in [0.25, 0.3) is 0 Å². The second kappa shape index (κ2) is 9.87. The number of fused-ring (bicyclic) bond motifs is 1. The van der Waals surface area contributed by atoms with Crippen molar-refractivity contribution >= 4 is 34.8 Å². The van der Waals surface area contributed by atoms with Gasteiger partial charge < -0.3 is 4.74 Å². The van der Waals surface area contributed by atoms with Gasteiger partial charge in [0.15, 0.2) is 5.13 Å². The number of carbonyl (C=O) groups is 1. The number of carbonyl (C=O) groups excluding carboxylic acids is 1. The SMILES string of the molecule is CCOc1ccc(C(=O)Nc2nc3c(s2)CN(Cc2ccccc2)CC3)cc1.Cl. The maximum absolute atomic E-state index is 12.5. The van der Waals surface area contributed by atoms with Crippen LogP contribution in [0.5, 0.6) is 5.75 Å². The minimum absolute atomic E-state index is 0. The number of benzene rings is 2. The van der Waals surface area contributed by atoms with Crippen molar-refractivity contribution in [1.29, 1.82) is 0 Å². The smallest absolute Gasteiger partial charge is 0.257 e. The minimum Gasteiger partial charge on any atom is -0.494 e. The van der Waals surface area contributed by atoms with Gasteiger partial charge in [0.1, 0.15) is 5.75 Å². The molecule has 3 aromatic rings. The maximum atomic E-state index is 12.5. The lowest BCUT2D eigenvalue weighted by Gasteiger charge is -2.25. The van der Waals surface area contributed by atoms with Gasteiger partial charge in [-0.1, -0.05) is 30.3 Å². The highest BCUT2D eigenvalue weighted by Crippen LogP contribution is 2.29. The Kier molecular flexibility index (Phi) is 7.25. The Balaban J connectivity index is 0.00000240. The predicted molar refractivity (Wildman–Crippen MR) is 119 cm³/mol. The van der Waals surface area contributed by atoms with Gasteiger partial charge in [0.25, 0.3) is 5.91 Å². The molecule has 29 heavy (non-hydrogen) atoms. The van der Waals surface area contributed by atoms with Crippen LogP contribution in [0.2, 0.25) is 0 Å². The van der Waals surface area contributed by atoms with Crippen molar-refractivity contribution in [2.24, 2.45) is 0 Å². The van der Waals surface area contributed by atoms with Crippen LogP contribution < -0.4 is 10.1 Å². The quantitative estimate of drug-likeness (QED) is 0.613. The summed E-state index contributed by atoms with van der Waals surface area (Å²) in [7, 11) is 0. The molecule has 7 heteroatoms. The van der Waals surface area contributed by atoms with Crippen molar-refractivity contribution < 1.29 is 9.53 Å². The van der Waals surface area contributed by atoms with Crippen molar-refractivity contribution in [1.82, 2.24) is 9.88 Å². The minimum atomic E-state index is -0.143. The third-order valence-electron chi connectivity index (χ3n) is 4.71. The van der Waals surface area contributed by atoms with Crippen LogP contribution in [-0.4, -0.2) is 28.9 Å². The van der Waals surface area contributed by atoms with Crippen LogP contribution in [-0.2, 0) is 19.5 Å². The first-order valence-corrected chi connectivity index (χ1v) is 10.3. The van der Waals surface area contributed by atoms with Gasteiger partial charge in [0.2, 0.25) is 0 Å². The summed E-state index contributed by atoms with van der Waals surface area (Å²) in [5.74, 6) is 0.623. The van der Waals surface area contributed by atoms with E-state index < -0.39 is 0 Å². The predicted octanol–water partition coefficient (Wildman–Crippen LogP) is 4.77. The molecule has 0 spiro atoms. The molecule has 0 fully saturated rings. The molecule has 1 aliphatic rings. The molecule has 1 aliphatic heterocycles. The molecule has 0 saturated carbocycles. The number of ether oxygens (including phenoxy) is 1. The summed E-state index contributed by atoms with van der Waals surface area (Å²) in [5, 5.41) is 3.61. The normalized spacial score (nSPS) is 13.3. The molecule has 152 valence electrons. The van der Waals surface area contributed by atoms with Gasteiger partial charge in [-0.15, -0.1) is 23.7 Å². The van der Waals surface area contributed by atoms with E-state index in [9.17, 15) is 4.79 Å². The van der Waals surface area contributed by atoms with E-state index in [2.05, 4.69) is 39.5 Å². The molecule has 0 atom stereocenters. The molecular weight excluding hydrogens is 406 g/mol. The number of amides is 1. The highest BCUT2D eigenvalue weighted by Gasteiger charge is 2.21. The number of thiazole rings is 1. The Hall–Kier alpha value is -2.41. The van der Waals surface area contributed by atoms with E-state index in [1.54, 1.807) is 23.5 Å². The molecule has 0 bridgehead atoms. The van der Waals surface area contributed by atoms with E-state index in [4.69, 9.17) is 4.74 Å². The van der Waals surface area contributed by atoms with Gasteiger partial charge in [0.05, 0.1) is 12.3 Å². The van der Waals surface area contributed by atoms with Crippen molar-refractivity contribution in [2.75, 3.05) is 18.5 Å². The van der Waals surface area contributed by atoms with Crippen LogP contribution >= 0.6 is 23.7 Å². The number of anilines is 1. The summed E-state index contributed by atoms with van der Waals surface area (Å²) in [6, 6.07) is 17.7. The van der Waals surface area contributed by atoms with Crippen LogP contribution in [0.15, 0.2) is 54.6 Å². The number of aromatic nitrogens is 1. The van der Waals surface area contributed by atoms with Crippen LogP contribution in [0.4, 0.5) is 5.13 Å². The largest absolute Gasteiger partial charge is 0.494 e. The summed E-state index contributed by atoms with van der Waals surface area (Å²) >= 11 is 1.57. The third-order valence-corrected chi connectivity index (χ3v) is 5.71. The lowest BCUT2D eigenvalue weighted by atomic mass is 10.1. The van der Waals surface area contributed by atoms with E-state index in [0.717, 1.165) is 37.5 Å². The highest BCUT2D eigenvalue weighted by molar-refractivity contribution is 7.15. The lowest BCUT2D eigenvalue weighted by molar-refractivity contribution is 0.102. The lowest BCUT2D eigenvalue weighted by Crippen LogP contribution is -2.29. The number of hydrogen-bond donors (Lipinski definition) is 1. The van der Waals surface area contributed by atoms with Crippen molar-refractivity contribution in [3.05, 3.63) is 76.3 Å². The second-order valence-corrected chi connectivity index (χ2v) is 7.83. The number of hydrogen-bond acceptors (Lipinski definition) is 5. The van der Waals surface area contributed by atoms with Gasteiger partial charge in [-0.2, -0.15) is 0 Å². The fraction of sp³-hybridized carbons (Fsp3) is 0.273. The molecular formula is C22H24ClN3O2S. The van der Waals surface area contributed by atoms with Crippen molar-refractivity contribution in [3.63, 3.8) is 0 Å². The maximum Gasteiger partial charge on any atom is 0.257 e. The Morgan fingerprint density at radius 3 is 2.66 bits per heavy atom. The molecule has 0 aliphatic carbocycles. The molecule has 2 aromatic carbocycles. The zero-order valence-corrected chi connectivity index (χ0v) is 17.9. The average molecular weight is 430 g/mol. The molecule has 4 rings (SSSR count). The first kappa shape index (κ1) is 21.3. The molecule has 2 heterocycles. The Labute approximate surface area is 181 Å². The summed E-state index contributed by atoms with van der Waals surface area (Å²) in [5.41, 5.74) is 3.03. The summed E-state index contributed by atoms with van der Waals surface area (Å²) in [4.78, 5) is 20.8. The van der Waals surface area contributed by atoms with E-state index in [1.165, 1.54) is 10.4 Å². The van der Waals surface area contributed by atoms with Gasteiger partial charge in [0, 0.05) is 36.5 Å². The van der Waals surface area contributed by atoms with Gasteiger partial charge in [-0.3, -0.25) is 15.0 Å². The average Bonchev–Trinajstić information content (AvgIpc) is 3.11. The topological polar surface area (TPSA) is 54.5 Å². The molecule has 1 N–H and O–H groups in total. The van der Waals surface area contributed by atoms with Crippen LogP contribution in [0.1, 0.15) is 33.4 Å². The van der Waals surface area contributed by atoms with Crippen LogP contribution in [0, 0.1) is 0 Å². The Bertz CT molecular complexity index is 944. The fourth-order valence-corrected chi connectivity index (χ4v) is 4.36. The number of halogens is 1. The van der Waals surface area contributed by atoms with E-state index in [-0.39, 0.29) is 18.3 Å². The molecule has 0 unspecified atom stereocenters. The Morgan fingerprint density at radius 2 is 1.93 bits per heavy atom. The molecule has 5 nitrogen and oxygen atoms in total. The summed E-state index contributed by atoms with van der Waals surface area (Å²) in [6.07, 6.45) is 0.914. The van der Waals surface area contributed by atoms with E-state index in [1.807, 2.05) is 25.1 Å². The second-order valence-electron chi connectivity index (χ2n) is 6.75. The highest BCUT2D eigenvalue weighted by atomic mass is 35.5. The first-order chi connectivity index (χ1) is 13.7. The fourth-order valence-electron chi connectivity index (χ4n) is 3.32. The number of rotatable bonds is 6. The Morgan fingerprint density at radius 1 is 1.17 bits per heavy atom. The molecule has 0 saturated heterocycles. The summed E-state index contributed by atoms with van der Waals surface area (Å²) < 4.78 is 5.42. The standard InChI is InChI=1S/C22H23N3O2S.ClH/c1-2-27-18-10-8-17(9-11-18)21(26)24-22-23-19-12-13-25(15-20(19)28-22)14-16-6-4-3-5-7-16;/h3-11H,2,12-15H2,1H3,(H,23,24,26);1H. The van der Waals surface area contributed by atoms with Crippen molar-refractivity contribution in [2.45, 2.75) is 26.4 Å². The van der Waals surface area contributed by atoms with Crippen LogP contribution in [0.3, 0.4) is 0 Å². The monoisotopic (exact) mass is 429 g/mol. The number of nitrogens with zero attached hydrogens (tertiary/aromatic N) is 2. The molecule has 1 aromatic heterocycles. The van der Waals surface area contributed by atoms with Gasteiger partial charge in [-0.25, -0.2) is 4.98 Å². The summed E-state index contributed by atoms with van der Waals surface area (Å²) in [6.45, 7) is 5.34. The van der Waals surface area contributed by atoms with Gasteiger partial charge >= 0.3 is 0 Å². The van der Waals surface area contributed by atoms with Crippen molar-refractivity contribution in [3.8, 4) is 5.75 Å². The zero-order valence-electron chi connectivity index (χ0n) is 16.3. The molecule has 0 radical (unpaired) electrons. The van der Waals surface area contributed by atoms with E-state index in [0.29, 0.717) is 17.3 Å². The third kappa shape index (κ3) is 5.35. The van der Waals surface area contributed by atoms with E-state index >= 15 is 0 Å². The zero-order chi connectivity index (χ0) is 19.3.